The Morgan fingerprint density at radius 2 is 1.81 bits per heavy atom. The number of nitrogens with zero attached hydrogens (tertiary/aromatic N) is 2. The highest BCUT2D eigenvalue weighted by Crippen LogP contribution is 2.19. The third-order valence-electron chi connectivity index (χ3n) is 4.30. The molecule has 6 heteroatoms. The van der Waals surface area contributed by atoms with Gasteiger partial charge in [0.1, 0.15) is 0 Å². The number of aromatic nitrogens is 3. The summed E-state index contributed by atoms with van der Waals surface area (Å²) < 4.78 is 5.25. The zero-order chi connectivity index (χ0) is 17.9. The first kappa shape index (κ1) is 16.1. The quantitative estimate of drug-likeness (QED) is 0.582. The number of fused-ring (bicyclic) bond motifs is 2. The van der Waals surface area contributed by atoms with Crippen LogP contribution in [-0.4, -0.2) is 34.5 Å². The summed E-state index contributed by atoms with van der Waals surface area (Å²) in [6, 6.07) is 15.5. The van der Waals surface area contributed by atoms with Gasteiger partial charge in [0.2, 0.25) is 5.88 Å². The molecule has 6 nitrogen and oxygen atoms in total. The maximum atomic E-state index is 12.6. The van der Waals surface area contributed by atoms with E-state index in [4.69, 9.17) is 4.74 Å². The minimum Gasteiger partial charge on any atom is -0.479 e. The molecule has 0 atom stereocenters. The van der Waals surface area contributed by atoms with Gasteiger partial charge in [-0.15, -0.1) is 0 Å². The molecule has 4 rings (SSSR count). The average Bonchev–Trinajstić information content (AvgIpc) is 3.10. The fraction of sp³-hybridized carbons (Fsp3) is 0.150. The van der Waals surface area contributed by atoms with E-state index >= 15 is 0 Å². The SMILES string of the molecule is COc1nc2ccccc2nc1C(=O)NCCc1c[nH]c2ccccc12. The fourth-order valence-electron chi connectivity index (χ4n) is 3.01. The molecule has 0 aliphatic rings. The van der Waals surface area contributed by atoms with Crippen molar-refractivity contribution in [3.63, 3.8) is 0 Å². The lowest BCUT2D eigenvalue weighted by molar-refractivity contribution is 0.0945. The van der Waals surface area contributed by atoms with Gasteiger partial charge in [0, 0.05) is 23.6 Å². The highest BCUT2D eigenvalue weighted by atomic mass is 16.5. The van der Waals surface area contributed by atoms with E-state index in [1.54, 1.807) is 0 Å². The van der Waals surface area contributed by atoms with Crippen molar-refractivity contribution in [2.45, 2.75) is 6.42 Å². The Morgan fingerprint density at radius 1 is 1.08 bits per heavy atom. The molecule has 2 N–H and O–H groups in total. The summed E-state index contributed by atoms with van der Waals surface area (Å²) >= 11 is 0. The van der Waals surface area contributed by atoms with Crippen molar-refractivity contribution in [2.75, 3.05) is 13.7 Å². The highest BCUT2D eigenvalue weighted by molar-refractivity contribution is 5.96. The van der Waals surface area contributed by atoms with Crippen LogP contribution < -0.4 is 10.1 Å². The normalized spacial score (nSPS) is 11.0. The molecule has 0 fully saturated rings. The Bertz CT molecular complexity index is 1090. The third kappa shape index (κ3) is 2.97. The minimum atomic E-state index is -0.292. The Labute approximate surface area is 150 Å². The summed E-state index contributed by atoms with van der Waals surface area (Å²) in [7, 11) is 1.49. The molecule has 0 saturated heterocycles. The predicted molar refractivity (Wildman–Crippen MR) is 100 cm³/mol. The molecule has 0 aliphatic carbocycles. The molecule has 26 heavy (non-hydrogen) atoms. The van der Waals surface area contributed by atoms with Crippen LogP contribution in [0.5, 0.6) is 5.88 Å². The van der Waals surface area contributed by atoms with E-state index in [1.807, 2.05) is 48.7 Å². The second kappa shape index (κ2) is 6.84. The van der Waals surface area contributed by atoms with Gasteiger partial charge in [0.25, 0.3) is 5.91 Å². The van der Waals surface area contributed by atoms with Gasteiger partial charge in [-0.1, -0.05) is 30.3 Å². The van der Waals surface area contributed by atoms with Crippen molar-refractivity contribution in [1.29, 1.82) is 0 Å². The Balaban J connectivity index is 1.50. The van der Waals surface area contributed by atoms with Crippen LogP contribution in [0.15, 0.2) is 54.7 Å². The van der Waals surface area contributed by atoms with E-state index in [2.05, 4.69) is 26.3 Å². The van der Waals surface area contributed by atoms with E-state index in [0.29, 0.717) is 17.6 Å². The smallest absolute Gasteiger partial charge is 0.275 e. The molecule has 0 spiro atoms. The summed E-state index contributed by atoms with van der Waals surface area (Å²) in [6.07, 6.45) is 2.70. The number of aromatic amines is 1. The number of benzene rings is 2. The largest absolute Gasteiger partial charge is 0.479 e. The number of hydrogen-bond acceptors (Lipinski definition) is 4. The lowest BCUT2D eigenvalue weighted by Gasteiger charge is -2.09. The lowest BCUT2D eigenvalue weighted by Crippen LogP contribution is -2.27. The van der Waals surface area contributed by atoms with Crippen molar-refractivity contribution in [1.82, 2.24) is 20.3 Å². The van der Waals surface area contributed by atoms with Gasteiger partial charge in [-0.3, -0.25) is 4.79 Å². The molecule has 2 aromatic carbocycles. The monoisotopic (exact) mass is 346 g/mol. The summed E-state index contributed by atoms with van der Waals surface area (Å²) in [5.74, 6) is -0.0618. The van der Waals surface area contributed by atoms with Gasteiger partial charge in [-0.05, 0) is 30.2 Å². The van der Waals surface area contributed by atoms with Gasteiger partial charge in [0.05, 0.1) is 18.1 Å². The summed E-state index contributed by atoms with van der Waals surface area (Å²) in [4.78, 5) is 24.6. The van der Waals surface area contributed by atoms with Crippen molar-refractivity contribution < 1.29 is 9.53 Å². The minimum absolute atomic E-state index is 0.199. The van der Waals surface area contributed by atoms with Gasteiger partial charge >= 0.3 is 0 Å². The van der Waals surface area contributed by atoms with E-state index in [-0.39, 0.29) is 17.5 Å². The van der Waals surface area contributed by atoms with Crippen LogP contribution in [0.25, 0.3) is 21.9 Å². The maximum Gasteiger partial charge on any atom is 0.275 e. The van der Waals surface area contributed by atoms with Crippen LogP contribution in [-0.2, 0) is 6.42 Å². The van der Waals surface area contributed by atoms with Gasteiger partial charge in [-0.25, -0.2) is 9.97 Å². The number of H-pyrrole nitrogens is 1. The first-order valence-electron chi connectivity index (χ1n) is 8.40. The number of carbonyl (C=O) groups is 1. The van der Waals surface area contributed by atoms with E-state index in [9.17, 15) is 4.79 Å². The topological polar surface area (TPSA) is 79.9 Å². The molecule has 0 radical (unpaired) electrons. The van der Waals surface area contributed by atoms with E-state index < -0.39 is 0 Å². The van der Waals surface area contributed by atoms with Crippen molar-refractivity contribution in [2.24, 2.45) is 0 Å². The maximum absolute atomic E-state index is 12.6. The number of carbonyl (C=O) groups excluding carboxylic acids is 1. The van der Waals surface area contributed by atoms with Crippen molar-refractivity contribution in [3.05, 3.63) is 66.0 Å². The molecule has 2 heterocycles. The fourth-order valence-corrected chi connectivity index (χ4v) is 3.01. The second-order valence-electron chi connectivity index (χ2n) is 5.94. The molecule has 0 saturated carbocycles. The second-order valence-corrected chi connectivity index (χ2v) is 5.94. The van der Waals surface area contributed by atoms with Crippen LogP contribution in [0.3, 0.4) is 0 Å². The third-order valence-corrected chi connectivity index (χ3v) is 4.30. The predicted octanol–water partition coefficient (Wildman–Crippen LogP) is 3.09. The number of amides is 1. The first-order valence-corrected chi connectivity index (χ1v) is 8.40. The van der Waals surface area contributed by atoms with Crippen molar-refractivity contribution in [3.8, 4) is 5.88 Å². The summed E-state index contributed by atoms with van der Waals surface area (Å²) in [5, 5.41) is 4.08. The van der Waals surface area contributed by atoms with Crippen LogP contribution in [0, 0.1) is 0 Å². The zero-order valence-electron chi connectivity index (χ0n) is 14.3. The number of ether oxygens (including phenoxy) is 1. The van der Waals surface area contributed by atoms with Crippen LogP contribution >= 0.6 is 0 Å². The highest BCUT2D eigenvalue weighted by Gasteiger charge is 2.17. The van der Waals surface area contributed by atoms with Gasteiger partial charge in [-0.2, -0.15) is 0 Å². The molecular formula is C20H18N4O2. The Hall–Kier alpha value is -3.41. The molecule has 4 aromatic rings. The average molecular weight is 346 g/mol. The molecule has 0 bridgehead atoms. The van der Waals surface area contributed by atoms with Crippen LogP contribution in [0.1, 0.15) is 16.1 Å². The molecular weight excluding hydrogens is 328 g/mol. The number of para-hydroxylation sites is 3. The zero-order valence-corrected chi connectivity index (χ0v) is 14.3. The Kier molecular flexibility index (Phi) is 4.23. The number of rotatable bonds is 5. The molecule has 0 aliphatic heterocycles. The van der Waals surface area contributed by atoms with Crippen LogP contribution in [0.4, 0.5) is 0 Å². The van der Waals surface area contributed by atoms with E-state index in [0.717, 1.165) is 17.5 Å². The number of hydrogen-bond donors (Lipinski definition) is 2. The molecule has 130 valence electrons. The molecule has 1 amide bonds. The summed E-state index contributed by atoms with van der Waals surface area (Å²) in [5.41, 5.74) is 3.81. The van der Waals surface area contributed by atoms with Crippen molar-refractivity contribution >= 4 is 27.8 Å². The first-order chi connectivity index (χ1) is 12.8. The molecule has 2 aromatic heterocycles. The number of methoxy groups -OCH3 is 1. The van der Waals surface area contributed by atoms with Crippen LogP contribution in [0.2, 0.25) is 0 Å². The lowest BCUT2D eigenvalue weighted by atomic mass is 10.1. The summed E-state index contributed by atoms with van der Waals surface area (Å²) in [6.45, 7) is 0.498. The Morgan fingerprint density at radius 3 is 2.62 bits per heavy atom. The molecule has 0 unspecified atom stereocenters. The number of nitrogens with one attached hydrogen (secondary N) is 2. The standard InChI is InChI=1S/C20H18N4O2/c1-26-20-18(23-16-8-4-5-9-17(16)24-20)19(25)21-11-10-13-12-22-15-7-3-2-6-14(13)15/h2-9,12,22H,10-11H2,1H3,(H,21,25). The van der Waals surface area contributed by atoms with Gasteiger partial charge in [0.15, 0.2) is 5.69 Å². The van der Waals surface area contributed by atoms with E-state index in [1.165, 1.54) is 12.5 Å². The van der Waals surface area contributed by atoms with Gasteiger partial charge < -0.3 is 15.0 Å².